The molecule has 23 heavy (non-hydrogen) atoms. The SMILES string of the molecule is CSc1nc(C)c(CCC(=O)N2CCCCC2C(=O)O)c(C)n1. The number of aryl methyl sites for hydroxylation is 2. The molecule has 1 amide bonds. The van der Waals surface area contributed by atoms with E-state index < -0.39 is 12.0 Å². The Morgan fingerprint density at radius 3 is 2.48 bits per heavy atom. The molecule has 126 valence electrons. The van der Waals surface area contributed by atoms with Gasteiger partial charge in [0.15, 0.2) is 5.16 Å². The second-order valence-corrected chi connectivity index (χ2v) is 6.57. The van der Waals surface area contributed by atoms with Gasteiger partial charge in [-0.1, -0.05) is 11.8 Å². The second kappa shape index (κ2) is 7.77. The van der Waals surface area contributed by atoms with Crippen molar-refractivity contribution in [1.29, 1.82) is 0 Å². The lowest BCUT2D eigenvalue weighted by Crippen LogP contribution is -2.48. The fraction of sp³-hybridized carbons (Fsp3) is 0.625. The first-order chi connectivity index (χ1) is 10.9. The van der Waals surface area contributed by atoms with Gasteiger partial charge in [-0.05, 0) is 51.3 Å². The zero-order valence-corrected chi connectivity index (χ0v) is 14.7. The largest absolute Gasteiger partial charge is 0.480 e. The Balaban J connectivity index is 2.05. The second-order valence-electron chi connectivity index (χ2n) is 5.80. The molecule has 1 aliphatic rings. The molecule has 0 saturated carbocycles. The smallest absolute Gasteiger partial charge is 0.326 e. The Morgan fingerprint density at radius 1 is 1.26 bits per heavy atom. The van der Waals surface area contributed by atoms with E-state index in [1.165, 1.54) is 16.7 Å². The third-order valence-corrected chi connectivity index (χ3v) is 4.83. The van der Waals surface area contributed by atoms with Crippen LogP contribution in [0.2, 0.25) is 0 Å². The molecule has 1 N–H and O–H groups in total. The summed E-state index contributed by atoms with van der Waals surface area (Å²) < 4.78 is 0. The van der Waals surface area contributed by atoms with Gasteiger partial charge >= 0.3 is 5.97 Å². The highest BCUT2D eigenvalue weighted by Gasteiger charge is 2.31. The van der Waals surface area contributed by atoms with Crippen molar-refractivity contribution in [1.82, 2.24) is 14.9 Å². The molecule has 1 saturated heterocycles. The molecule has 2 heterocycles. The fourth-order valence-electron chi connectivity index (χ4n) is 3.02. The average molecular weight is 337 g/mol. The molecule has 1 aromatic rings. The first-order valence-corrected chi connectivity index (χ1v) is 9.07. The van der Waals surface area contributed by atoms with Gasteiger partial charge in [-0.25, -0.2) is 14.8 Å². The van der Waals surface area contributed by atoms with E-state index in [1.807, 2.05) is 20.1 Å². The van der Waals surface area contributed by atoms with E-state index in [-0.39, 0.29) is 5.91 Å². The van der Waals surface area contributed by atoms with Crippen molar-refractivity contribution in [2.24, 2.45) is 0 Å². The summed E-state index contributed by atoms with van der Waals surface area (Å²) in [5, 5.41) is 10.0. The first-order valence-electron chi connectivity index (χ1n) is 7.84. The van der Waals surface area contributed by atoms with E-state index in [2.05, 4.69) is 9.97 Å². The molecule has 0 aliphatic carbocycles. The van der Waals surface area contributed by atoms with E-state index in [1.54, 1.807) is 0 Å². The molecule has 6 nitrogen and oxygen atoms in total. The van der Waals surface area contributed by atoms with Crippen molar-refractivity contribution < 1.29 is 14.7 Å². The monoisotopic (exact) mass is 337 g/mol. The number of thioether (sulfide) groups is 1. The Bertz CT molecular complexity index is 583. The van der Waals surface area contributed by atoms with Crippen LogP contribution in [0.1, 0.15) is 42.6 Å². The minimum Gasteiger partial charge on any atom is -0.480 e. The van der Waals surface area contributed by atoms with Crippen molar-refractivity contribution in [3.8, 4) is 0 Å². The van der Waals surface area contributed by atoms with Gasteiger partial charge in [0, 0.05) is 24.4 Å². The van der Waals surface area contributed by atoms with Gasteiger partial charge in [-0.3, -0.25) is 4.79 Å². The first kappa shape index (κ1) is 17.7. The quantitative estimate of drug-likeness (QED) is 0.655. The lowest BCUT2D eigenvalue weighted by atomic mass is 10.0. The number of nitrogens with zero attached hydrogens (tertiary/aromatic N) is 3. The molecule has 2 rings (SSSR count). The van der Waals surface area contributed by atoms with Gasteiger partial charge in [0.25, 0.3) is 0 Å². The van der Waals surface area contributed by atoms with Crippen LogP contribution in [0.4, 0.5) is 0 Å². The standard InChI is InChI=1S/C16H23N3O3S/c1-10-12(11(2)18-16(17-10)23-3)7-8-14(20)19-9-5-4-6-13(19)15(21)22/h13H,4-9H2,1-3H3,(H,21,22). The topological polar surface area (TPSA) is 83.4 Å². The predicted octanol–water partition coefficient (Wildman–Crippen LogP) is 2.21. The van der Waals surface area contributed by atoms with Crippen molar-refractivity contribution in [3.63, 3.8) is 0 Å². The van der Waals surface area contributed by atoms with Crippen molar-refractivity contribution in [2.45, 2.75) is 57.1 Å². The number of carboxylic acids is 1. The molecular weight excluding hydrogens is 314 g/mol. The molecule has 1 unspecified atom stereocenters. The molecule has 0 aromatic carbocycles. The summed E-state index contributed by atoms with van der Waals surface area (Å²) in [4.78, 5) is 34.1. The highest BCUT2D eigenvalue weighted by atomic mass is 32.2. The summed E-state index contributed by atoms with van der Waals surface area (Å²) >= 11 is 1.49. The molecular formula is C16H23N3O3S. The Labute approximate surface area is 140 Å². The zero-order chi connectivity index (χ0) is 17.0. The number of carbonyl (C=O) groups excluding carboxylic acids is 1. The summed E-state index contributed by atoms with van der Waals surface area (Å²) in [7, 11) is 0. The molecule has 0 radical (unpaired) electrons. The number of hydrogen-bond donors (Lipinski definition) is 1. The van der Waals surface area contributed by atoms with Crippen LogP contribution in [0.25, 0.3) is 0 Å². The van der Waals surface area contributed by atoms with Crippen molar-refractivity contribution in [2.75, 3.05) is 12.8 Å². The molecule has 0 bridgehead atoms. The van der Waals surface area contributed by atoms with Gasteiger partial charge in [0.2, 0.25) is 5.91 Å². The average Bonchev–Trinajstić information content (AvgIpc) is 2.53. The number of aliphatic carboxylic acids is 1. The maximum absolute atomic E-state index is 12.4. The predicted molar refractivity (Wildman–Crippen MR) is 88.6 cm³/mol. The highest BCUT2D eigenvalue weighted by Crippen LogP contribution is 2.21. The van der Waals surface area contributed by atoms with E-state index >= 15 is 0 Å². The minimum atomic E-state index is -0.905. The van der Waals surface area contributed by atoms with Crippen LogP contribution in [0, 0.1) is 13.8 Å². The maximum Gasteiger partial charge on any atom is 0.326 e. The van der Waals surface area contributed by atoms with E-state index in [4.69, 9.17) is 0 Å². The van der Waals surface area contributed by atoms with Crippen LogP contribution < -0.4 is 0 Å². The van der Waals surface area contributed by atoms with Crippen LogP contribution in [0.3, 0.4) is 0 Å². The number of hydrogen-bond acceptors (Lipinski definition) is 5. The molecule has 1 aromatic heterocycles. The summed E-state index contributed by atoms with van der Waals surface area (Å²) in [6.45, 7) is 4.39. The Morgan fingerprint density at radius 2 is 1.91 bits per heavy atom. The Hall–Kier alpha value is -1.63. The number of rotatable bonds is 5. The van der Waals surface area contributed by atoms with Crippen molar-refractivity contribution in [3.05, 3.63) is 17.0 Å². The maximum atomic E-state index is 12.4. The summed E-state index contributed by atoms with van der Waals surface area (Å²) in [6.07, 6.45) is 5.06. The molecule has 1 fully saturated rings. The molecule has 1 aliphatic heterocycles. The molecule has 7 heteroatoms. The highest BCUT2D eigenvalue weighted by molar-refractivity contribution is 7.98. The number of carbonyl (C=O) groups is 2. The summed E-state index contributed by atoms with van der Waals surface area (Å²) in [5.41, 5.74) is 2.77. The third-order valence-electron chi connectivity index (χ3n) is 4.28. The fourth-order valence-corrected chi connectivity index (χ4v) is 3.48. The van der Waals surface area contributed by atoms with Gasteiger partial charge in [0.1, 0.15) is 6.04 Å². The Kier molecular flexibility index (Phi) is 5.98. The molecule has 1 atom stereocenters. The zero-order valence-electron chi connectivity index (χ0n) is 13.8. The van der Waals surface area contributed by atoms with Crippen LogP contribution in [0.15, 0.2) is 5.16 Å². The normalized spacial score (nSPS) is 18.0. The number of amides is 1. The number of likely N-dealkylation sites (tertiary alicyclic amines) is 1. The van der Waals surface area contributed by atoms with Crippen LogP contribution in [-0.2, 0) is 16.0 Å². The minimum absolute atomic E-state index is 0.0927. The summed E-state index contributed by atoms with van der Waals surface area (Å²) in [6, 6.07) is -0.673. The van der Waals surface area contributed by atoms with E-state index in [0.717, 1.165) is 34.9 Å². The van der Waals surface area contributed by atoms with Crippen molar-refractivity contribution >= 4 is 23.6 Å². The number of piperidine rings is 1. The lowest BCUT2D eigenvalue weighted by Gasteiger charge is -2.33. The third kappa shape index (κ3) is 4.22. The van der Waals surface area contributed by atoms with Crippen LogP contribution in [-0.4, -0.2) is 50.7 Å². The van der Waals surface area contributed by atoms with E-state index in [9.17, 15) is 14.7 Å². The van der Waals surface area contributed by atoms with E-state index in [0.29, 0.717) is 25.8 Å². The summed E-state index contributed by atoms with van der Waals surface area (Å²) in [5.74, 6) is -0.997. The number of aromatic nitrogens is 2. The van der Waals surface area contributed by atoms with Gasteiger partial charge in [0.05, 0.1) is 0 Å². The van der Waals surface area contributed by atoms with Crippen LogP contribution >= 0.6 is 11.8 Å². The van der Waals surface area contributed by atoms with Gasteiger partial charge in [-0.2, -0.15) is 0 Å². The number of carboxylic acid groups (broad SMARTS) is 1. The van der Waals surface area contributed by atoms with Crippen LogP contribution in [0.5, 0.6) is 0 Å². The van der Waals surface area contributed by atoms with Gasteiger partial charge in [-0.15, -0.1) is 0 Å². The lowest BCUT2D eigenvalue weighted by molar-refractivity contribution is -0.152. The molecule has 0 spiro atoms. The van der Waals surface area contributed by atoms with Gasteiger partial charge < -0.3 is 10.0 Å².